The molecule has 0 radical (unpaired) electrons. The standard InChI is InChI=1S/C25H36N9O17P3/c1-3-10-4-5-28-20-14(13(10)26)29-8-33(20)24-19(45-2)18(12(49-24)7-47-54(43,44)51-52(38,39)40)50-53(41,42)46-6-11-16(35)17(36)23(48-11)34-9-30-15-21(34)31-25(27)32-22(15)37/h5,8-9,11-12,16-19,23-24,35-36H,3-4,6-7,26H2,1-2H3,(H,41,42)(H,43,44)(H2,38,39,40)(H3,27,31,32,37)/t11-,12-,16-,17-,18-,19-,23-,24-/m1/s1. The first-order chi connectivity index (χ1) is 25.3. The molecule has 11 N–H and O–H groups in total. The lowest BCUT2D eigenvalue weighted by atomic mass is 10.1. The Morgan fingerprint density at radius 1 is 0.944 bits per heavy atom. The lowest BCUT2D eigenvalue weighted by Crippen LogP contribution is -2.38. The van der Waals surface area contributed by atoms with Crippen LogP contribution in [-0.2, 0) is 45.8 Å². The van der Waals surface area contributed by atoms with Crippen molar-refractivity contribution in [1.29, 1.82) is 0 Å². The van der Waals surface area contributed by atoms with E-state index >= 15 is 0 Å². The van der Waals surface area contributed by atoms with E-state index in [9.17, 15) is 38.5 Å². The molecule has 3 aliphatic rings. The smallest absolute Gasteiger partial charge is 0.397 e. The van der Waals surface area contributed by atoms with Gasteiger partial charge in [-0.25, -0.2) is 28.7 Å². The Morgan fingerprint density at radius 2 is 1.61 bits per heavy atom. The van der Waals surface area contributed by atoms with Crippen molar-refractivity contribution in [3.8, 4) is 0 Å². The van der Waals surface area contributed by atoms with E-state index < -0.39 is 91.3 Å². The summed E-state index contributed by atoms with van der Waals surface area (Å²) in [5.41, 5.74) is 12.5. The van der Waals surface area contributed by atoms with Crippen LogP contribution in [0.5, 0.6) is 0 Å². The Morgan fingerprint density at radius 3 is 2.30 bits per heavy atom. The van der Waals surface area contributed by atoms with Crippen LogP contribution in [0.15, 0.2) is 28.0 Å². The van der Waals surface area contributed by atoms with Gasteiger partial charge >= 0.3 is 23.5 Å². The van der Waals surface area contributed by atoms with E-state index in [2.05, 4.69) is 29.2 Å². The summed E-state index contributed by atoms with van der Waals surface area (Å²) < 4.78 is 75.9. The molecule has 298 valence electrons. The molecule has 2 unspecified atom stereocenters. The molecular formula is C25H36N9O17P3. The van der Waals surface area contributed by atoms with Crippen molar-refractivity contribution in [3.05, 3.63) is 34.3 Å². The number of anilines is 1. The van der Waals surface area contributed by atoms with Gasteiger partial charge in [0, 0.05) is 19.7 Å². The number of hydrogen-bond acceptors (Lipinski definition) is 19. The molecule has 10 atom stereocenters. The SMILES string of the molecule is CCC1=C(N)c2ncn([C@@H]3O[C@H](COP(=O)(O)OP(=O)(O)O)[C@@H](OP(=O)(O)OC[C@H]4O[C@@H](n5cnc6c(=O)[nH]c(N)nc65)[C@H](O)[C@@H]4O)[C@H]3OC)c2N=CC1. The summed E-state index contributed by atoms with van der Waals surface area (Å²) in [5, 5.41) is 21.5. The third-order valence-corrected chi connectivity index (χ3v) is 11.7. The summed E-state index contributed by atoms with van der Waals surface area (Å²) >= 11 is 0. The number of nitrogens with one attached hydrogen (secondary N) is 1. The van der Waals surface area contributed by atoms with E-state index in [1.807, 2.05) is 6.92 Å². The monoisotopic (exact) mass is 827 g/mol. The highest BCUT2D eigenvalue weighted by Gasteiger charge is 2.52. The molecule has 3 aromatic rings. The van der Waals surface area contributed by atoms with Gasteiger partial charge in [0.25, 0.3) is 5.56 Å². The van der Waals surface area contributed by atoms with Crippen LogP contribution < -0.4 is 17.0 Å². The fraction of sp³-hybridized carbons (Fsp3) is 0.560. The zero-order chi connectivity index (χ0) is 39.3. The Labute approximate surface area is 302 Å². The van der Waals surface area contributed by atoms with Crippen LogP contribution in [-0.4, -0.2) is 122 Å². The Kier molecular flexibility index (Phi) is 11.5. The summed E-state index contributed by atoms with van der Waals surface area (Å²) in [7, 11) is -15.1. The predicted molar refractivity (Wildman–Crippen MR) is 179 cm³/mol. The summed E-state index contributed by atoms with van der Waals surface area (Å²) in [6.07, 6.45) is -7.32. The number of nitrogens with two attached hydrogens (primary N) is 2. The fourth-order valence-electron chi connectivity index (χ4n) is 6.06. The second-order valence-electron chi connectivity index (χ2n) is 12.0. The number of imidazole rings is 2. The Hall–Kier alpha value is -3.26. The summed E-state index contributed by atoms with van der Waals surface area (Å²) in [6.45, 7) is -0.0104. The summed E-state index contributed by atoms with van der Waals surface area (Å²) in [5.74, 6) is -0.0753. The molecule has 0 spiro atoms. The number of phosphoric ester groups is 2. The fourth-order valence-corrected chi connectivity index (χ4v) is 8.62. The maximum Gasteiger partial charge on any atom is 0.481 e. The number of rotatable bonds is 14. The van der Waals surface area contributed by atoms with E-state index in [-0.39, 0.29) is 28.6 Å². The molecule has 6 rings (SSSR count). The van der Waals surface area contributed by atoms with Gasteiger partial charge in [0.15, 0.2) is 29.4 Å². The van der Waals surface area contributed by atoms with Crippen LogP contribution in [0.3, 0.4) is 0 Å². The normalized spacial score (nSPS) is 29.7. The number of methoxy groups -OCH3 is 1. The van der Waals surface area contributed by atoms with Crippen molar-refractivity contribution in [1.82, 2.24) is 29.1 Å². The minimum atomic E-state index is -5.53. The zero-order valence-corrected chi connectivity index (χ0v) is 30.7. The van der Waals surface area contributed by atoms with E-state index in [1.54, 1.807) is 6.21 Å². The quantitative estimate of drug-likeness (QED) is 0.0884. The van der Waals surface area contributed by atoms with Gasteiger partial charge in [-0.2, -0.15) is 9.29 Å². The largest absolute Gasteiger partial charge is 0.481 e. The average molecular weight is 828 g/mol. The first-order valence-corrected chi connectivity index (χ1v) is 20.2. The molecule has 0 amide bonds. The van der Waals surface area contributed by atoms with Gasteiger partial charge in [-0.05, 0) is 12.0 Å². The highest BCUT2D eigenvalue weighted by Crippen LogP contribution is 2.58. The van der Waals surface area contributed by atoms with Crippen LogP contribution in [0, 0.1) is 0 Å². The second kappa shape index (κ2) is 15.3. The minimum absolute atomic E-state index is 0.0940. The number of aliphatic hydroxyl groups is 2. The molecule has 0 bridgehead atoms. The zero-order valence-electron chi connectivity index (χ0n) is 28.0. The molecule has 3 aliphatic heterocycles. The Balaban J connectivity index is 1.23. The highest BCUT2D eigenvalue weighted by atomic mass is 31.3. The topological polar surface area (TPSA) is 383 Å². The molecule has 26 nitrogen and oxygen atoms in total. The van der Waals surface area contributed by atoms with Gasteiger partial charge in [0.2, 0.25) is 5.95 Å². The molecule has 0 aliphatic carbocycles. The second-order valence-corrected chi connectivity index (χ2v) is 16.2. The van der Waals surface area contributed by atoms with Crippen LogP contribution in [0.25, 0.3) is 16.9 Å². The number of nitrogens with zero attached hydrogens (tertiary/aromatic N) is 6. The van der Waals surface area contributed by atoms with Crippen LogP contribution >= 0.6 is 23.5 Å². The lowest BCUT2D eigenvalue weighted by molar-refractivity contribution is -0.0587. The molecule has 2 saturated heterocycles. The van der Waals surface area contributed by atoms with Crippen molar-refractivity contribution in [3.63, 3.8) is 0 Å². The lowest BCUT2D eigenvalue weighted by Gasteiger charge is -2.26. The number of hydrogen-bond donors (Lipinski definition) is 9. The first kappa shape index (κ1) is 40.4. The number of H-pyrrole nitrogens is 1. The summed E-state index contributed by atoms with van der Waals surface area (Å²) in [4.78, 5) is 70.0. The number of aromatic nitrogens is 6. The van der Waals surface area contributed by atoms with Crippen molar-refractivity contribution < 1.29 is 75.6 Å². The summed E-state index contributed by atoms with van der Waals surface area (Å²) in [6, 6.07) is 0. The van der Waals surface area contributed by atoms with E-state index in [0.29, 0.717) is 18.5 Å². The van der Waals surface area contributed by atoms with Crippen molar-refractivity contribution in [2.45, 2.75) is 68.8 Å². The van der Waals surface area contributed by atoms with Gasteiger partial charge in [0.05, 0.1) is 31.6 Å². The van der Waals surface area contributed by atoms with Crippen LogP contribution in [0.4, 0.5) is 11.8 Å². The van der Waals surface area contributed by atoms with Crippen LogP contribution in [0.1, 0.15) is 37.9 Å². The molecule has 2 fully saturated rings. The molecule has 3 aromatic heterocycles. The minimum Gasteiger partial charge on any atom is -0.397 e. The third-order valence-electron chi connectivity index (χ3n) is 8.54. The maximum atomic E-state index is 13.4. The average Bonchev–Trinajstić information content (AvgIpc) is 3.82. The number of fused-ring (bicyclic) bond motifs is 2. The molecular weight excluding hydrogens is 791 g/mol. The number of ether oxygens (including phenoxy) is 3. The van der Waals surface area contributed by atoms with Gasteiger partial charge in [0.1, 0.15) is 42.3 Å². The van der Waals surface area contributed by atoms with Gasteiger partial charge in [-0.1, -0.05) is 6.92 Å². The van der Waals surface area contributed by atoms with E-state index in [0.717, 1.165) is 16.5 Å². The molecule has 6 heterocycles. The van der Waals surface area contributed by atoms with Crippen LogP contribution in [0.2, 0.25) is 0 Å². The van der Waals surface area contributed by atoms with Gasteiger partial charge in [-0.15, -0.1) is 0 Å². The van der Waals surface area contributed by atoms with E-state index in [1.165, 1.54) is 18.0 Å². The number of aromatic amines is 1. The number of allylic oxidation sites excluding steroid dienone is 1. The number of nitrogen functional groups attached to an aromatic ring is 1. The van der Waals surface area contributed by atoms with Gasteiger partial charge < -0.3 is 55.5 Å². The van der Waals surface area contributed by atoms with E-state index in [4.69, 9.17) is 49.0 Å². The maximum absolute atomic E-state index is 13.4. The highest BCUT2D eigenvalue weighted by molar-refractivity contribution is 7.60. The third kappa shape index (κ3) is 8.29. The molecule has 54 heavy (non-hydrogen) atoms. The van der Waals surface area contributed by atoms with Gasteiger partial charge in [-0.3, -0.25) is 32.5 Å². The number of aliphatic imine (C=N–C) groups is 1. The van der Waals surface area contributed by atoms with Crippen molar-refractivity contribution >= 4 is 58.3 Å². The molecule has 0 aromatic carbocycles. The van der Waals surface area contributed by atoms with Crippen molar-refractivity contribution in [2.24, 2.45) is 10.7 Å². The number of aliphatic hydroxyl groups excluding tert-OH is 2. The first-order valence-electron chi connectivity index (χ1n) is 15.7. The predicted octanol–water partition coefficient (Wildman–Crippen LogP) is -0.956. The van der Waals surface area contributed by atoms with Crippen molar-refractivity contribution in [2.75, 3.05) is 26.1 Å². The molecule has 0 saturated carbocycles. The number of phosphoric acid groups is 3. The molecule has 29 heteroatoms. The Bertz CT molecular complexity index is 2150.